The topological polar surface area (TPSA) is 13.0 Å². The number of rotatable bonds is 8. The Hall–Kier alpha value is 1.59. The van der Waals surface area contributed by atoms with Gasteiger partial charge < -0.3 is 0 Å². The van der Waals surface area contributed by atoms with Crippen LogP contribution < -0.4 is 0 Å². The van der Waals surface area contributed by atoms with Gasteiger partial charge in [0, 0.05) is 0 Å². The van der Waals surface area contributed by atoms with E-state index in [-0.39, 0.29) is 33.0 Å². The second-order valence-corrected chi connectivity index (χ2v) is 46.4. The van der Waals surface area contributed by atoms with Crippen molar-refractivity contribution in [2.75, 3.05) is 0 Å². The second kappa shape index (κ2) is 10.9. The van der Waals surface area contributed by atoms with Crippen LogP contribution in [0.5, 0.6) is 0 Å². The van der Waals surface area contributed by atoms with Crippen LogP contribution in [0, 0.1) is 10.8 Å². The van der Waals surface area contributed by atoms with Crippen LogP contribution in [0.3, 0.4) is 0 Å². The standard InChI is InChI=1S/C16H34N2Se.2C7H18NSi.Sn/c1-13(2,3)11-15(7,8)17-19-18-16(9,10)12-14(4,5)6;2*1-7(2,3)8-9(4,5)6;/h11-12H2,1-10H3;2*1-6H3;/q-2;2*-1;+4. The van der Waals surface area contributed by atoms with Gasteiger partial charge in [0.15, 0.2) is 0 Å². The molecule has 0 radical (unpaired) electrons. The van der Waals surface area contributed by atoms with Gasteiger partial charge in [-0.3, -0.25) is 0 Å². The maximum absolute atomic E-state index is 3.77. The van der Waals surface area contributed by atoms with E-state index in [2.05, 4.69) is 160 Å². The van der Waals surface area contributed by atoms with Crippen molar-refractivity contribution in [2.45, 2.75) is 185 Å². The first-order valence-electron chi connectivity index (χ1n) is 15.0. The van der Waals surface area contributed by atoms with Crippen molar-refractivity contribution in [1.29, 1.82) is 0 Å². The molecule has 0 unspecified atom stereocenters. The van der Waals surface area contributed by atoms with E-state index in [0.717, 1.165) is 0 Å². The summed E-state index contributed by atoms with van der Waals surface area (Å²) in [4.78, 5) is 0. The summed E-state index contributed by atoms with van der Waals surface area (Å²) in [6.07, 6.45) is 2.45. The molecule has 8 heteroatoms. The first-order chi connectivity index (χ1) is 16.1. The van der Waals surface area contributed by atoms with E-state index < -0.39 is 35.9 Å². The summed E-state index contributed by atoms with van der Waals surface area (Å²) in [5, 5.41) is 0. The summed E-state index contributed by atoms with van der Waals surface area (Å²) in [6.45, 7) is 56.0. The second-order valence-electron chi connectivity index (χ2n) is 19.7. The van der Waals surface area contributed by atoms with Gasteiger partial charge >= 0.3 is 257 Å². The summed E-state index contributed by atoms with van der Waals surface area (Å²) in [5.74, 6) is 0. The van der Waals surface area contributed by atoms with Crippen LogP contribution >= 0.6 is 0 Å². The van der Waals surface area contributed by atoms with Crippen LogP contribution in [0.25, 0.3) is 0 Å². The van der Waals surface area contributed by atoms with Crippen molar-refractivity contribution < 1.29 is 0 Å². The van der Waals surface area contributed by atoms with Gasteiger partial charge in [-0.05, 0) is 0 Å². The van der Waals surface area contributed by atoms with Gasteiger partial charge in [0.2, 0.25) is 0 Å². The zero-order chi connectivity index (χ0) is 30.9. The zero-order valence-corrected chi connectivity index (χ0v) is 36.7. The van der Waals surface area contributed by atoms with Crippen LogP contribution in [-0.4, -0.2) is 83.3 Å². The molecule has 0 aliphatic carbocycles. The molecule has 0 atom stereocenters. The summed E-state index contributed by atoms with van der Waals surface area (Å²) in [7, 11) is -3.54. The van der Waals surface area contributed by atoms with E-state index in [9.17, 15) is 0 Å². The van der Waals surface area contributed by atoms with Crippen molar-refractivity contribution in [1.82, 2.24) is 9.85 Å². The molecule has 228 valence electrons. The van der Waals surface area contributed by atoms with Gasteiger partial charge in [0.1, 0.15) is 0 Å². The van der Waals surface area contributed by atoms with Crippen LogP contribution in [0.2, 0.25) is 39.3 Å². The Labute approximate surface area is 255 Å². The Morgan fingerprint density at radius 2 is 0.737 bits per heavy atom. The van der Waals surface area contributed by atoms with Crippen molar-refractivity contribution in [3.63, 3.8) is 0 Å². The van der Waals surface area contributed by atoms with Crippen LogP contribution in [0.4, 0.5) is 0 Å². The molecule has 1 fully saturated rings. The molecule has 1 aliphatic rings. The summed E-state index contributed by atoms with van der Waals surface area (Å²) in [5.41, 5.74) is 1.08. The van der Waals surface area contributed by atoms with Gasteiger partial charge in [-0.1, -0.05) is 0 Å². The molecule has 0 aromatic heterocycles. The Morgan fingerprint density at radius 3 is 0.895 bits per heavy atom. The van der Waals surface area contributed by atoms with Crippen molar-refractivity contribution >= 4 is 51.3 Å². The van der Waals surface area contributed by atoms with E-state index in [1.165, 1.54) is 12.8 Å². The third kappa shape index (κ3) is 8.36. The predicted molar refractivity (Wildman–Crippen MR) is 181 cm³/mol. The van der Waals surface area contributed by atoms with Gasteiger partial charge in [0.25, 0.3) is 0 Å². The molecule has 1 heterocycles. The summed E-state index contributed by atoms with van der Waals surface area (Å²) < 4.78 is 13.0. The van der Waals surface area contributed by atoms with Crippen LogP contribution in [-0.2, 0) is 0 Å². The predicted octanol–water partition coefficient (Wildman–Crippen LogP) is 8.87. The quantitative estimate of drug-likeness (QED) is 0.231. The Morgan fingerprint density at radius 1 is 0.500 bits per heavy atom. The molecule has 1 rings (SSSR count). The first-order valence-corrected chi connectivity index (χ1v) is 28.5. The molecule has 0 bridgehead atoms. The Kier molecular flexibility index (Phi) is 10.8. The monoisotopic (exact) mass is 742 g/mol. The molecule has 4 nitrogen and oxygen atoms in total. The molecule has 38 heavy (non-hydrogen) atoms. The van der Waals surface area contributed by atoms with E-state index in [4.69, 9.17) is 0 Å². The summed E-state index contributed by atoms with van der Waals surface area (Å²) >= 11 is -3.44. The Balaban J connectivity index is 4.40. The van der Waals surface area contributed by atoms with Crippen molar-refractivity contribution in [3.8, 4) is 0 Å². The molecule has 1 aliphatic heterocycles. The number of hydrogen-bond acceptors (Lipinski definition) is 4. The fraction of sp³-hybridized carbons (Fsp3) is 1.00. The van der Waals surface area contributed by atoms with E-state index >= 15 is 0 Å². The molecule has 0 spiro atoms. The fourth-order valence-corrected chi connectivity index (χ4v) is 64.1. The van der Waals surface area contributed by atoms with Gasteiger partial charge in [-0.25, -0.2) is 0 Å². The van der Waals surface area contributed by atoms with Crippen molar-refractivity contribution in [3.05, 3.63) is 0 Å². The average molecular weight is 741 g/mol. The first kappa shape index (κ1) is 37.6. The maximum atomic E-state index is 3.26. The van der Waals surface area contributed by atoms with Gasteiger partial charge in [-0.2, -0.15) is 0 Å². The molecule has 0 aromatic rings. The van der Waals surface area contributed by atoms with Crippen molar-refractivity contribution in [2.24, 2.45) is 10.8 Å². The normalized spacial score (nSPS) is 19.9. The number of hydrogen-bond donors (Lipinski definition) is 0. The molecular weight excluding hydrogens is 670 g/mol. The van der Waals surface area contributed by atoms with Crippen LogP contribution in [0.1, 0.15) is 124 Å². The minimum absolute atomic E-state index is 0.103. The summed E-state index contributed by atoms with van der Waals surface area (Å²) in [6, 6.07) is 0. The molecule has 0 saturated carbocycles. The molecule has 0 aromatic carbocycles. The third-order valence-electron chi connectivity index (χ3n) is 7.02. The molecule has 0 N–H and O–H groups in total. The average Bonchev–Trinajstić information content (AvgIpc) is 2.40. The minimum atomic E-state index is -3.77. The van der Waals surface area contributed by atoms with E-state index in [0.29, 0.717) is 15.4 Å². The van der Waals surface area contributed by atoms with Gasteiger partial charge in [-0.15, -0.1) is 0 Å². The van der Waals surface area contributed by atoms with E-state index in [1.807, 2.05) is 0 Å². The molecule has 0 amide bonds. The number of nitrogens with zero attached hydrogens (tertiary/aromatic N) is 4. The Bertz CT molecular complexity index is 722. The van der Waals surface area contributed by atoms with Crippen LogP contribution in [0.15, 0.2) is 0 Å². The van der Waals surface area contributed by atoms with Gasteiger partial charge in [0.05, 0.1) is 0 Å². The molecular formula is C30H70N4SeSi2Sn. The van der Waals surface area contributed by atoms with E-state index in [1.54, 1.807) is 0 Å². The SMILES string of the molecule is CC(C)(C)CC(C)(C)[N]1[Se][N](C(C)(C)CC(C)(C)C)[Sn]1([N](C(C)(C)C)[Si](C)(C)C)[N](C(C)(C)C)[Si](C)(C)C. The third-order valence-corrected chi connectivity index (χ3v) is 52.5. The molecule has 1 saturated heterocycles. The fourth-order valence-electron chi connectivity index (χ4n) is 8.29. The zero-order valence-electron chi connectivity index (χ0n) is 30.1.